The number of benzene rings is 2. The molecule has 0 fully saturated rings. The van der Waals surface area contributed by atoms with Crippen LogP contribution in [-0.4, -0.2) is 0 Å². The molecule has 0 unspecified atom stereocenters. The van der Waals surface area contributed by atoms with Gasteiger partial charge in [-0.25, -0.2) is 8.78 Å². The zero-order chi connectivity index (χ0) is 14.2. The molecule has 0 amide bonds. The van der Waals surface area contributed by atoms with Crippen LogP contribution in [0.25, 0.3) is 11.1 Å². The van der Waals surface area contributed by atoms with Crippen LogP contribution in [-0.2, 0) is 0 Å². The Balaban J connectivity index is 2.65. The topological polar surface area (TPSA) is 0 Å². The van der Waals surface area contributed by atoms with Gasteiger partial charge in [-0.05, 0) is 35.9 Å². The Morgan fingerprint density at radius 3 is 2.05 bits per heavy atom. The molecule has 100 valence electrons. The van der Waals surface area contributed by atoms with Crippen LogP contribution in [0.1, 0.15) is 12.0 Å². The van der Waals surface area contributed by atoms with Crippen LogP contribution >= 0.6 is 46.4 Å². The highest BCUT2D eigenvalue weighted by molar-refractivity contribution is 6.45. The van der Waals surface area contributed by atoms with Crippen LogP contribution in [0.2, 0.25) is 20.1 Å². The zero-order valence-electron chi connectivity index (χ0n) is 9.23. The summed E-state index contributed by atoms with van der Waals surface area (Å²) in [5, 5.41) is 1.05. The van der Waals surface area contributed by atoms with E-state index in [1.54, 1.807) is 6.07 Å². The van der Waals surface area contributed by atoms with E-state index < -0.39 is 6.43 Å². The normalized spacial score (nSPS) is 11.1. The van der Waals surface area contributed by atoms with Crippen molar-refractivity contribution in [2.24, 2.45) is 0 Å². The molecule has 2 aromatic carbocycles. The summed E-state index contributed by atoms with van der Waals surface area (Å²) in [7, 11) is 0. The van der Waals surface area contributed by atoms with E-state index in [0.717, 1.165) is 0 Å². The van der Waals surface area contributed by atoms with E-state index in [9.17, 15) is 8.78 Å². The molecule has 2 aromatic rings. The summed E-state index contributed by atoms with van der Waals surface area (Å²) in [6.07, 6.45) is -2.62. The van der Waals surface area contributed by atoms with Gasteiger partial charge in [0.25, 0.3) is 6.43 Å². The van der Waals surface area contributed by atoms with Crippen LogP contribution in [0, 0.1) is 0 Å². The highest BCUT2D eigenvalue weighted by Crippen LogP contribution is 2.38. The van der Waals surface area contributed by atoms with Crippen molar-refractivity contribution < 1.29 is 8.78 Å². The van der Waals surface area contributed by atoms with Crippen LogP contribution in [0.15, 0.2) is 30.3 Å². The van der Waals surface area contributed by atoms with Gasteiger partial charge in [-0.2, -0.15) is 0 Å². The molecular formula is C13H6Cl4F2. The van der Waals surface area contributed by atoms with E-state index in [1.807, 2.05) is 0 Å². The number of hydrogen-bond acceptors (Lipinski definition) is 0. The Morgan fingerprint density at radius 2 is 1.42 bits per heavy atom. The van der Waals surface area contributed by atoms with Gasteiger partial charge >= 0.3 is 0 Å². The number of alkyl halides is 2. The fourth-order valence-corrected chi connectivity index (χ4v) is 2.62. The van der Waals surface area contributed by atoms with Gasteiger partial charge in [0.05, 0.1) is 10.0 Å². The first-order valence-corrected chi connectivity index (χ1v) is 6.63. The van der Waals surface area contributed by atoms with Gasteiger partial charge < -0.3 is 0 Å². The maximum Gasteiger partial charge on any atom is 0.263 e. The lowest BCUT2D eigenvalue weighted by Crippen LogP contribution is -1.88. The highest BCUT2D eigenvalue weighted by atomic mass is 35.5. The fourth-order valence-electron chi connectivity index (χ4n) is 1.66. The molecule has 6 heteroatoms. The summed E-state index contributed by atoms with van der Waals surface area (Å²) in [5.41, 5.74) is 0.718. The summed E-state index contributed by atoms with van der Waals surface area (Å²) in [5.74, 6) is 0. The van der Waals surface area contributed by atoms with Crippen molar-refractivity contribution in [1.29, 1.82) is 0 Å². The van der Waals surface area contributed by atoms with E-state index in [-0.39, 0.29) is 20.6 Å². The smallest absolute Gasteiger partial charge is 0.205 e. The Morgan fingerprint density at radius 1 is 0.789 bits per heavy atom. The summed E-state index contributed by atoms with van der Waals surface area (Å²) < 4.78 is 25.5. The summed E-state index contributed by atoms with van der Waals surface area (Å²) in [4.78, 5) is 0. The Bertz CT molecular complexity index is 626. The molecule has 0 saturated heterocycles. The fraction of sp³-hybridized carbons (Fsp3) is 0.0769. The molecule has 0 bridgehead atoms. The van der Waals surface area contributed by atoms with Crippen molar-refractivity contribution >= 4 is 46.4 Å². The first kappa shape index (κ1) is 14.9. The second-order valence-corrected chi connectivity index (χ2v) is 5.48. The minimum Gasteiger partial charge on any atom is -0.205 e. The van der Waals surface area contributed by atoms with E-state index in [2.05, 4.69) is 0 Å². The Labute approximate surface area is 128 Å². The lowest BCUT2D eigenvalue weighted by Gasteiger charge is -2.10. The van der Waals surface area contributed by atoms with Crippen molar-refractivity contribution in [3.8, 4) is 11.1 Å². The molecule has 0 atom stereocenters. The molecule has 0 nitrogen and oxygen atoms in total. The average molecular weight is 342 g/mol. The predicted octanol–water partition coefficient (Wildman–Crippen LogP) is 6.90. The Hall–Kier alpha value is -0.540. The number of halogens is 6. The monoisotopic (exact) mass is 340 g/mol. The third-order valence-corrected chi connectivity index (χ3v) is 3.71. The standard InChI is InChI=1S/C13H6Cl4F2/c14-8-2-6(1-7(3-8)13(18)19)10-4-9(15)5-11(16)12(10)17/h1-5,13H. The van der Waals surface area contributed by atoms with Crippen LogP contribution in [0.4, 0.5) is 8.78 Å². The first-order chi connectivity index (χ1) is 8.88. The highest BCUT2D eigenvalue weighted by Gasteiger charge is 2.14. The Kier molecular flexibility index (Phi) is 4.57. The van der Waals surface area contributed by atoms with Gasteiger partial charge in [0, 0.05) is 21.2 Å². The lowest BCUT2D eigenvalue weighted by molar-refractivity contribution is 0.151. The second kappa shape index (κ2) is 5.84. The molecule has 0 aromatic heterocycles. The molecule has 0 heterocycles. The van der Waals surface area contributed by atoms with Crippen LogP contribution < -0.4 is 0 Å². The van der Waals surface area contributed by atoms with Gasteiger partial charge in [-0.1, -0.05) is 46.4 Å². The molecular weight excluding hydrogens is 336 g/mol. The summed E-state index contributed by atoms with van der Waals surface area (Å²) in [6.45, 7) is 0. The zero-order valence-corrected chi connectivity index (χ0v) is 12.3. The van der Waals surface area contributed by atoms with Crippen molar-refractivity contribution in [2.75, 3.05) is 0 Å². The molecule has 0 aliphatic heterocycles. The molecule has 0 spiro atoms. The summed E-state index contributed by atoms with van der Waals surface area (Å²) >= 11 is 23.7. The van der Waals surface area contributed by atoms with Crippen molar-refractivity contribution in [3.05, 3.63) is 56.0 Å². The SMILES string of the molecule is FC(F)c1cc(Cl)cc(-c2cc(Cl)cc(Cl)c2Cl)c1. The average Bonchev–Trinajstić information content (AvgIpc) is 2.32. The number of hydrogen-bond donors (Lipinski definition) is 0. The van der Waals surface area contributed by atoms with E-state index in [4.69, 9.17) is 46.4 Å². The van der Waals surface area contributed by atoms with Gasteiger partial charge in [-0.15, -0.1) is 0 Å². The molecule has 0 aliphatic carbocycles. The molecule has 0 saturated carbocycles. The predicted molar refractivity (Wildman–Crippen MR) is 76.9 cm³/mol. The third-order valence-electron chi connectivity index (χ3n) is 2.48. The molecule has 0 radical (unpaired) electrons. The van der Waals surface area contributed by atoms with E-state index in [0.29, 0.717) is 16.1 Å². The quantitative estimate of drug-likeness (QED) is 0.521. The third kappa shape index (κ3) is 3.32. The molecule has 2 rings (SSSR count). The first-order valence-electron chi connectivity index (χ1n) is 5.12. The minimum absolute atomic E-state index is 0.185. The molecule has 19 heavy (non-hydrogen) atoms. The van der Waals surface area contributed by atoms with Crippen LogP contribution in [0.5, 0.6) is 0 Å². The second-order valence-electron chi connectivity index (χ2n) is 3.82. The van der Waals surface area contributed by atoms with Gasteiger partial charge in [0.15, 0.2) is 0 Å². The van der Waals surface area contributed by atoms with E-state index in [1.165, 1.54) is 24.3 Å². The van der Waals surface area contributed by atoms with Crippen molar-refractivity contribution in [3.63, 3.8) is 0 Å². The number of rotatable bonds is 2. The van der Waals surface area contributed by atoms with Crippen molar-refractivity contribution in [1.82, 2.24) is 0 Å². The van der Waals surface area contributed by atoms with Gasteiger partial charge in [0.1, 0.15) is 0 Å². The maximum absolute atomic E-state index is 12.8. The van der Waals surface area contributed by atoms with Gasteiger partial charge in [0.2, 0.25) is 0 Å². The molecule has 0 aliphatic rings. The van der Waals surface area contributed by atoms with Crippen molar-refractivity contribution in [2.45, 2.75) is 6.43 Å². The van der Waals surface area contributed by atoms with E-state index >= 15 is 0 Å². The maximum atomic E-state index is 12.8. The lowest BCUT2D eigenvalue weighted by atomic mass is 10.0. The summed E-state index contributed by atoms with van der Waals surface area (Å²) in [6, 6.07) is 7.08. The minimum atomic E-state index is -2.62. The largest absolute Gasteiger partial charge is 0.263 e. The van der Waals surface area contributed by atoms with Gasteiger partial charge in [-0.3, -0.25) is 0 Å². The molecule has 0 N–H and O–H groups in total. The van der Waals surface area contributed by atoms with Crippen LogP contribution in [0.3, 0.4) is 0 Å².